The molecule has 0 saturated heterocycles. The third-order valence-electron chi connectivity index (χ3n) is 5.04. The molecule has 1 aliphatic rings. The zero-order valence-electron chi connectivity index (χ0n) is 16.7. The second kappa shape index (κ2) is 9.69. The molecule has 2 aromatic rings. The normalized spacial score (nSPS) is 12.9. The fourth-order valence-electron chi connectivity index (χ4n) is 3.66. The summed E-state index contributed by atoms with van der Waals surface area (Å²) < 4.78 is 0. The number of amides is 3. The van der Waals surface area contributed by atoms with Gasteiger partial charge in [-0.1, -0.05) is 37.3 Å². The summed E-state index contributed by atoms with van der Waals surface area (Å²) in [4.78, 5) is 40.0. The first-order valence-electron chi connectivity index (χ1n) is 10.1. The number of aryl methyl sites for hydroxylation is 1. The number of carbonyl (C=O) groups is 3. The van der Waals surface area contributed by atoms with Gasteiger partial charge in [0.25, 0.3) is 5.91 Å². The number of nitrogens with one attached hydrogen (secondary N) is 1. The summed E-state index contributed by atoms with van der Waals surface area (Å²) in [6.07, 6.45) is 4.93. The van der Waals surface area contributed by atoms with Crippen molar-refractivity contribution >= 4 is 34.1 Å². The Bertz CT molecular complexity index is 892. The molecule has 1 aromatic carbocycles. The molecule has 7 heteroatoms. The monoisotopic (exact) mass is 413 g/mol. The van der Waals surface area contributed by atoms with E-state index < -0.39 is 5.91 Å². The number of rotatable bonds is 8. The highest BCUT2D eigenvalue weighted by Gasteiger charge is 2.26. The second-order valence-electron chi connectivity index (χ2n) is 7.31. The molecule has 0 spiro atoms. The third kappa shape index (κ3) is 5.23. The van der Waals surface area contributed by atoms with E-state index in [1.165, 1.54) is 11.3 Å². The van der Waals surface area contributed by atoms with E-state index >= 15 is 0 Å². The van der Waals surface area contributed by atoms with Crippen LogP contribution in [0.3, 0.4) is 0 Å². The Kier molecular flexibility index (Phi) is 7.04. The number of hydrogen-bond acceptors (Lipinski definition) is 4. The summed E-state index contributed by atoms with van der Waals surface area (Å²) in [5.41, 5.74) is 7.99. The Morgan fingerprint density at radius 1 is 1.14 bits per heavy atom. The van der Waals surface area contributed by atoms with Crippen LogP contribution in [0.25, 0.3) is 0 Å². The molecule has 3 N–H and O–H groups in total. The van der Waals surface area contributed by atoms with Crippen LogP contribution in [0.15, 0.2) is 30.3 Å². The minimum absolute atomic E-state index is 0.0610. The van der Waals surface area contributed by atoms with Gasteiger partial charge in [-0.3, -0.25) is 14.4 Å². The number of nitrogens with two attached hydrogens (primary N) is 1. The molecule has 0 radical (unpaired) electrons. The number of primary amides is 1. The van der Waals surface area contributed by atoms with E-state index in [0.717, 1.165) is 48.1 Å². The molecule has 6 nitrogen and oxygen atoms in total. The van der Waals surface area contributed by atoms with Gasteiger partial charge in [-0.2, -0.15) is 0 Å². The largest absolute Gasteiger partial charge is 0.365 e. The molecule has 154 valence electrons. The molecular formula is C22H27N3O3S. The van der Waals surface area contributed by atoms with Crippen molar-refractivity contribution in [1.29, 1.82) is 0 Å². The van der Waals surface area contributed by atoms with Crippen LogP contribution in [0, 0.1) is 0 Å². The molecule has 0 unspecified atom stereocenters. The van der Waals surface area contributed by atoms with Crippen LogP contribution in [0.2, 0.25) is 0 Å². The third-order valence-corrected chi connectivity index (χ3v) is 6.25. The lowest BCUT2D eigenvalue weighted by Gasteiger charge is -2.22. The van der Waals surface area contributed by atoms with E-state index in [9.17, 15) is 14.4 Å². The zero-order chi connectivity index (χ0) is 20.8. The van der Waals surface area contributed by atoms with Gasteiger partial charge in [0.1, 0.15) is 11.5 Å². The summed E-state index contributed by atoms with van der Waals surface area (Å²) in [5.74, 6) is -0.888. The number of fused-ring (bicyclic) bond motifs is 1. The average Bonchev–Trinajstić information content (AvgIpc) is 3.06. The molecule has 3 amide bonds. The highest BCUT2D eigenvalue weighted by molar-refractivity contribution is 7.17. The van der Waals surface area contributed by atoms with E-state index in [1.54, 1.807) is 4.90 Å². The highest BCUT2D eigenvalue weighted by atomic mass is 32.1. The summed E-state index contributed by atoms with van der Waals surface area (Å²) in [5, 5.41) is 3.36. The minimum Gasteiger partial charge on any atom is -0.365 e. The maximum absolute atomic E-state index is 12.8. The van der Waals surface area contributed by atoms with Gasteiger partial charge in [-0.15, -0.1) is 11.3 Å². The summed E-state index contributed by atoms with van der Waals surface area (Å²) in [7, 11) is 0. The molecule has 29 heavy (non-hydrogen) atoms. The predicted octanol–water partition coefficient (Wildman–Crippen LogP) is 3.49. The quantitative estimate of drug-likeness (QED) is 0.694. The van der Waals surface area contributed by atoms with Crippen molar-refractivity contribution in [3.05, 3.63) is 51.9 Å². The molecule has 0 fully saturated rings. The van der Waals surface area contributed by atoms with Crippen LogP contribution in [0.1, 0.15) is 59.0 Å². The van der Waals surface area contributed by atoms with Crippen molar-refractivity contribution in [3.63, 3.8) is 0 Å². The molecule has 0 aliphatic heterocycles. The molecule has 0 bridgehead atoms. The van der Waals surface area contributed by atoms with Crippen molar-refractivity contribution in [3.8, 4) is 0 Å². The molecule has 0 saturated carbocycles. The first-order chi connectivity index (χ1) is 14.0. The number of thiophene rings is 1. The van der Waals surface area contributed by atoms with Crippen LogP contribution in [0.4, 0.5) is 5.00 Å². The van der Waals surface area contributed by atoms with E-state index in [4.69, 9.17) is 5.73 Å². The first-order valence-corrected chi connectivity index (χ1v) is 10.9. The lowest BCUT2D eigenvalue weighted by atomic mass is 9.95. The van der Waals surface area contributed by atoms with Crippen molar-refractivity contribution < 1.29 is 14.4 Å². The zero-order valence-corrected chi connectivity index (χ0v) is 17.5. The molecule has 0 atom stereocenters. The van der Waals surface area contributed by atoms with Crippen molar-refractivity contribution in [2.75, 3.05) is 11.9 Å². The van der Waals surface area contributed by atoms with Gasteiger partial charge in [0.15, 0.2) is 0 Å². The standard InChI is InChI=1S/C22H27N3O3S/c1-2-8-19(27)25(13-15-9-4-3-5-10-15)14-18(26)24-22-20(21(23)28)16-11-6-7-12-17(16)29-22/h3-5,9-10H,2,6-8,11-14H2,1H3,(H2,23,28)(H,24,26). The SMILES string of the molecule is CCCC(=O)N(CC(=O)Nc1sc2c(c1C(N)=O)CCCC2)Cc1ccccc1. The number of carbonyl (C=O) groups excluding carboxylic acids is 3. The highest BCUT2D eigenvalue weighted by Crippen LogP contribution is 2.37. The maximum Gasteiger partial charge on any atom is 0.251 e. The minimum atomic E-state index is -0.511. The fourth-order valence-corrected chi connectivity index (χ4v) is 4.97. The number of benzene rings is 1. The van der Waals surface area contributed by atoms with Crippen LogP contribution >= 0.6 is 11.3 Å². The van der Waals surface area contributed by atoms with Crippen LogP contribution in [0.5, 0.6) is 0 Å². The van der Waals surface area contributed by atoms with Crippen LogP contribution in [-0.4, -0.2) is 29.2 Å². The Balaban J connectivity index is 1.75. The topological polar surface area (TPSA) is 92.5 Å². The Morgan fingerprint density at radius 3 is 2.55 bits per heavy atom. The van der Waals surface area contributed by atoms with Gasteiger partial charge in [0.05, 0.1) is 5.56 Å². The van der Waals surface area contributed by atoms with Gasteiger partial charge in [-0.05, 0) is 43.2 Å². The number of nitrogens with zero attached hydrogens (tertiary/aromatic N) is 1. The summed E-state index contributed by atoms with van der Waals surface area (Å²) >= 11 is 1.43. The Morgan fingerprint density at radius 2 is 1.86 bits per heavy atom. The van der Waals surface area contributed by atoms with E-state index in [0.29, 0.717) is 23.5 Å². The number of hydrogen-bond donors (Lipinski definition) is 2. The van der Waals surface area contributed by atoms with Crippen molar-refractivity contribution in [2.24, 2.45) is 5.73 Å². The molecule has 1 aliphatic carbocycles. The number of anilines is 1. The molecule has 3 rings (SSSR count). The van der Waals surface area contributed by atoms with E-state index in [-0.39, 0.29) is 18.4 Å². The Labute approximate surface area is 175 Å². The fraction of sp³-hybridized carbons (Fsp3) is 0.409. The van der Waals surface area contributed by atoms with E-state index in [1.807, 2.05) is 37.3 Å². The van der Waals surface area contributed by atoms with E-state index in [2.05, 4.69) is 5.32 Å². The van der Waals surface area contributed by atoms with Crippen LogP contribution < -0.4 is 11.1 Å². The Hall–Kier alpha value is -2.67. The lowest BCUT2D eigenvalue weighted by Crippen LogP contribution is -2.37. The van der Waals surface area contributed by atoms with Gasteiger partial charge in [0, 0.05) is 17.8 Å². The molecule has 1 aromatic heterocycles. The molecular weight excluding hydrogens is 386 g/mol. The first kappa shape index (κ1) is 21.0. The predicted molar refractivity (Wildman–Crippen MR) is 115 cm³/mol. The van der Waals surface area contributed by atoms with Gasteiger partial charge in [0.2, 0.25) is 11.8 Å². The lowest BCUT2D eigenvalue weighted by molar-refractivity contribution is -0.135. The maximum atomic E-state index is 12.8. The van der Waals surface area contributed by atoms with Crippen molar-refractivity contribution in [1.82, 2.24) is 4.90 Å². The smallest absolute Gasteiger partial charge is 0.251 e. The summed E-state index contributed by atoms with van der Waals surface area (Å²) in [6.45, 7) is 2.25. The second-order valence-corrected chi connectivity index (χ2v) is 8.42. The van der Waals surface area contributed by atoms with Crippen LogP contribution in [-0.2, 0) is 29.0 Å². The van der Waals surface area contributed by atoms with Gasteiger partial charge < -0.3 is 16.0 Å². The summed E-state index contributed by atoms with van der Waals surface area (Å²) in [6, 6.07) is 9.60. The van der Waals surface area contributed by atoms with Gasteiger partial charge >= 0.3 is 0 Å². The van der Waals surface area contributed by atoms with Crippen molar-refractivity contribution in [2.45, 2.75) is 52.0 Å². The average molecular weight is 414 g/mol. The molecule has 1 heterocycles. The van der Waals surface area contributed by atoms with Gasteiger partial charge in [-0.25, -0.2) is 0 Å².